The first kappa shape index (κ1) is 21.6. The standard InChI is InChI=1S/C12H18N4O.3ClH/c1-16(2)5-6-17-9-3-4-10-11(7-9)15-12(8-13)14-10;;;/h3-4,7H,5-6,8,13H2,1-2H3,(H,14,15);3*1H. The van der Waals surface area contributed by atoms with Crippen molar-refractivity contribution in [3.05, 3.63) is 24.0 Å². The van der Waals surface area contributed by atoms with Gasteiger partial charge in [0.2, 0.25) is 0 Å². The third-order valence-electron chi connectivity index (χ3n) is 2.50. The van der Waals surface area contributed by atoms with E-state index in [0.717, 1.165) is 29.2 Å². The summed E-state index contributed by atoms with van der Waals surface area (Å²) in [6.07, 6.45) is 0. The van der Waals surface area contributed by atoms with Crippen LogP contribution in [0.25, 0.3) is 11.0 Å². The predicted octanol–water partition coefficient (Wildman–Crippen LogP) is 2.23. The first-order valence-corrected chi connectivity index (χ1v) is 5.65. The molecule has 2 rings (SSSR count). The van der Waals surface area contributed by atoms with Crippen molar-refractivity contribution in [3.8, 4) is 5.75 Å². The first-order valence-electron chi connectivity index (χ1n) is 5.65. The largest absolute Gasteiger partial charge is 0.492 e. The Kier molecular flexibility index (Phi) is 10.9. The zero-order valence-electron chi connectivity index (χ0n) is 11.5. The molecule has 0 fully saturated rings. The van der Waals surface area contributed by atoms with Gasteiger partial charge in [-0.25, -0.2) is 4.98 Å². The molecular formula is C12H21Cl3N4O. The molecule has 8 heteroatoms. The fourth-order valence-corrected chi connectivity index (χ4v) is 1.57. The van der Waals surface area contributed by atoms with Crippen LogP contribution >= 0.6 is 37.2 Å². The van der Waals surface area contributed by atoms with E-state index in [1.54, 1.807) is 0 Å². The second kappa shape index (κ2) is 10.1. The topological polar surface area (TPSA) is 67.2 Å². The Bertz CT molecular complexity index is 504. The third-order valence-corrected chi connectivity index (χ3v) is 2.50. The van der Waals surface area contributed by atoms with Gasteiger partial charge in [0.25, 0.3) is 0 Å². The highest BCUT2D eigenvalue weighted by atomic mass is 35.5. The van der Waals surface area contributed by atoms with Crippen molar-refractivity contribution in [2.75, 3.05) is 27.2 Å². The van der Waals surface area contributed by atoms with Gasteiger partial charge in [-0.15, -0.1) is 37.2 Å². The maximum Gasteiger partial charge on any atom is 0.121 e. The number of ether oxygens (including phenoxy) is 1. The molecule has 0 atom stereocenters. The lowest BCUT2D eigenvalue weighted by Gasteiger charge is -2.10. The van der Waals surface area contributed by atoms with E-state index in [9.17, 15) is 0 Å². The molecule has 0 saturated heterocycles. The van der Waals surface area contributed by atoms with Gasteiger partial charge in [0.05, 0.1) is 17.6 Å². The zero-order valence-corrected chi connectivity index (χ0v) is 13.9. The number of hydrogen-bond acceptors (Lipinski definition) is 4. The summed E-state index contributed by atoms with van der Waals surface area (Å²) >= 11 is 0. The summed E-state index contributed by atoms with van der Waals surface area (Å²) in [6, 6.07) is 5.83. The number of likely N-dealkylation sites (N-methyl/N-ethyl adjacent to an activating group) is 1. The number of nitrogens with two attached hydrogens (primary N) is 1. The van der Waals surface area contributed by atoms with Gasteiger partial charge < -0.3 is 20.4 Å². The molecule has 0 unspecified atom stereocenters. The third kappa shape index (κ3) is 5.73. The van der Waals surface area contributed by atoms with E-state index in [0.29, 0.717) is 13.2 Å². The number of nitrogens with one attached hydrogen (secondary N) is 1. The number of fused-ring (bicyclic) bond motifs is 1. The second-order valence-electron chi connectivity index (χ2n) is 4.22. The summed E-state index contributed by atoms with van der Waals surface area (Å²) in [5.74, 6) is 1.65. The van der Waals surface area contributed by atoms with E-state index >= 15 is 0 Å². The smallest absolute Gasteiger partial charge is 0.121 e. The molecule has 0 spiro atoms. The fraction of sp³-hybridized carbons (Fsp3) is 0.417. The van der Waals surface area contributed by atoms with Crippen LogP contribution in [0.15, 0.2) is 18.2 Å². The summed E-state index contributed by atoms with van der Waals surface area (Å²) in [5.41, 5.74) is 7.42. The Labute approximate surface area is 137 Å². The van der Waals surface area contributed by atoms with Crippen molar-refractivity contribution in [2.45, 2.75) is 6.54 Å². The summed E-state index contributed by atoms with van der Waals surface area (Å²) in [6.45, 7) is 2.00. The van der Waals surface area contributed by atoms with Crippen LogP contribution in [-0.4, -0.2) is 42.1 Å². The highest BCUT2D eigenvalue weighted by Crippen LogP contribution is 2.18. The van der Waals surface area contributed by atoms with Crippen LogP contribution in [0.2, 0.25) is 0 Å². The van der Waals surface area contributed by atoms with Crippen LogP contribution in [0.5, 0.6) is 5.75 Å². The van der Waals surface area contributed by atoms with Crippen molar-refractivity contribution in [1.82, 2.24) is 14.9 Å². The molecule has 0 aliphatic heterocycles. The SMILES string of the molecule is CN(C)CCOc1ccc2nc(CN)[nH]c2c1.Cl.Cl.Cl. The maximum absolute atomic E-state index is 5.65. The molecule has 1 heterocycles. The summed E-state index contributed by atoms with van der Waals surface area (Å²) < 4.78 is 5.65. The Morgan fingerprint density at radius 1 is 1.25 bits per heavy atom. The molecular weight excluding hydrogens is 323 g/mol. The van der Waals surface area contributed by atoms with Gasteiger partial charge in [0, 0.05) is 12.6 Å². The lowest BCUT2D eigenvalue weighted by atomic mass is 10.3. The van der Waals surface area contributed by atoms with Gasteiger partial charge in [-0.2, -0.15) is 0 Å². The van der Waals surface area contributed by atoms with Crippen molar-refractivity contribution in [2.24, 2.45) is 5.73 Å². The van der Waals surface area contributed by atoms with Gasteiger partial charge in [-0.3, -0.25) is 0 Å². The van der Waals surface area contributed by atoms with E-state index in [1.807, 2.05) is 32.3 Å². The average molecular weight is 344 g/mol. The van der Waals surface area contributed by atoms with E-state index in [1.165, 1.54) is 0 Å². The Balaban J connectivity index is 0. The minimum Gasteiger partial charge on any atom is -0.492 e. The van der Waals surface area contributed by atoms with Gasteiger partial charge in [-0.05, 0) is 26.2 Å². The van der Waals surface area contributed by atoms with Crippen molar-refractivity contribution in [1.29, 1.82) is 0 Å². The number of hydrogen-bond donors (Lipinski definition) is 2. The molecule has 1 aromatic carbocycles. The van der Waals surface area contributed by atoms with Crippen LogP contribution in [0.1, 0.15) is 5.82 Å². The van der Waals surface area contributed by atoms with E-state index in [4.69, 9.17) is 10.5 Å². The molecule has 0 bridgehead atoms. The van der Waals surface area contributed by atoms with Gasteiger partial charge in [0.15, 0.2) is 0 Å². The van der Waals surface area contributed by atoms with Crippen LogP contribution < -0.4 is 10.5 Å². The molecule has 116 valence electrons. The lowest BCUT2D eigenvalue weighted by molar-refractivity contribution is 0.261. The number of imidazole rings is 1. The fourth-order valence-electron chi connectivity index (χ4n) is 1.57. The summed E-state index contributed by atoms with van der Waals surface area (Å²) in [5, 5.41) is 0. The van der Waals surface area contributed by atoms with Gasteiger partial charge >= 0.3 is 0 Å². The number of H-pyrrole nitrogens is 1. The minimum absolute atomic E-state index is 0. The molecule has 0 aliphatic carbocycles. The summed E-state index contributed by atoms with van der Waals surface area (Å²) in [4.78, 5) is 9.58. The molecule has 1 aromatic heterocycles. The van der Waals surface area contributed by atoms with Crippen LogP contribution in [0.4, 0.5) is 0 Å². The monoisotopic (exact) mass is 342 g/mol. The second-order valence-corrected chi connectivity index (χ2v) is 4.22. The van der Waals surface area contributed by atoms with E-state index < -0.39 is 0 Å². The minimum atomic E-state index is 0. The van der Waals surface area contributed by atoms with Crippen molar-refractivity contribution < 1.29 is 4.74 Å². The molecule has 0 saturated carbocycles. The quantitative estimate of drug-likeness (QED) is 0.873. The molecule has 3 N–H and O–H groups in total. The number of aromatic nitrogens is 2. The molecule has 0 amide bonds. The van der Waals surface area contributed by atoms with Crippen molar-refractivity contribution >= 4 is 48.3 Å². The number of rotatable bonds is 5. The lowest BCUT2D eigenvalue weighted by Crippen LogP contribution is -2.19. The Morgan fingerprint density at radius 3 is 2.55 bits per heavy atom. The average Bonchev–Trinajstić information content (AvgIpc) is 2.70. The number of nitrogens with zero attached hydrogens (tertiary/aromatic N) is 2. The highest BCUT2D eigenvalue weighted by Gasteiger charge is 2.03. The highest BCUT2D eigenvalue weighted by molar-refractivity contribution is 5.86. The van der Waals surface area contributed by atoms with Crippen molar-refractivity contribution in [3.63, 3.8) is 0 Å². The Hall–Kier alpha value is -0.720. The van der Waals surface area contributed by atoms with Gasteiger partial charge in [-0.1, -0.05) is 0 Å². The normalized spacial score (nSPS) is 9.60. The van der Waals surface area contributed by atoms with E-state index in [2.05, 4.69) is 14.9 Å². The number of halogens is 3. The molecule has 0 aliphatic rings. The Morgan fingerprint density at radius 2 is 1.95 bits per heavy atom. The van der Waals surface area contributed by atoms with Gasteiger partial charge in [0.1, 0.15) is 18.2 Å². The van der Waals surface area contributed by atoms with E-state index in [-0.39, 0.29) is 37.2 Å². The zero-order chi connectivity index (χ0) is 12.3. The molecule has 20 heavy (non-hydrogen) atoms. The van der Waals surface area contributed by atoms with Crippen LogP contribution in [-0.2, 0) is 6.54 Å². The summed E-state index contributed by atoms with van der Waals surface area (Å²) in [7, 11) is 4.05. The predicted molar refractivity (Wildman–Crippen MR) is 89.8 cm³/mol. The van der Waals surface area contributed by atoms with Crippen LogP contribution in [0.3, 0.4) is 0 Å². The van der Waals surface area contributed by atoms with Crippen LogP contribution in [0, 0.1) is 0 Å². The molecule has 0 radical (unpaired) electrons. The number of benzene rings is 1. The molecule has 2 aromatic rings. The number of aromatic amines is 1. The maximum atomic E-state index is 5.65. The first-order chi connectivity index (χ1) is 8.19. The molecule has 5 nitrogen and oxygen atoms in total.